The number of amides is 2. The molecule has 4 aromatic rings. The predicted octanol–water partition coefficient (Wildman–Crippen LogP) is 6.58. The molecule has 2 aromatic carbocycles. The molecule has 0 saturated heterocycles. The third-order valence-electron chi connectivity index (χ3n) is 4.76. The molecule has 0 spiro atoms. The minimum absolute atomic E-state index is 0.100. The quantitative estimate of drug-likeness (QED) is 0.296. The number of thiazole rings is 1. The van der Waals surface area contributed by atoms with Crippen molar-refractivity contribution >= 4 is 46.3 Å². The number of urea groups is 1. The van der Waals surface area contributed by atoms with E-state index in [4.69, 9.17) is 22.3 Å². The second kappa shape index (κ2) is 9.36. The Kier molecular flexibility index (Phi) is 6.49. The third kappa shape index (κ3) is 5.32. The molecule has 0 bridgehead atoms. The topological polar surface area (TPSA) is 106 Å². The van der Waals surface area contributed by atoms with Crippen molar-refractivity contribution in [2.45, 2.75) is 26.2 Å². The van der Waals surface area contributed by atoms with Crippen LogP contribution in [0.3, 0.4) is 0 Å². The van der Waals surface area contributed by atoms with Crippen LogP contribution in [0.5, 0.6) is 0 Å². The number of nitrogens with one attached hydrogen (secondary N) is 2. The van der Waals surface area contributed by atoms with Gasteiger partial charge in [-0.25, -0.2) is 24.1 Å². The zero-order valence-corrected chi connectivity index (χ0v) is 20.3. The average molecular weight is 497 g/mol. The van der Waals surface area contributed by atoms with Crippen molar-refractivity contribution in [1.29, 1.82) is 0 Å². The molecule has 0 unspecified atom stereocenters. The Bertz CT molecular complexity index is 1350. The van der Waals surface area contributed by atoms with E-state index in [9.17, 15) is 4.79 Å². The molecule has 10 heteroatoms. The van der Waals surface area contributed by atoms with E-state index in [2.05, 4.69) is 20.6 Å². The molecule has 0 radical (unpaired) electrons. The summed E-state index contributed by atoms with van der Waals surface area (Å²) < 4.78 is 15.0. The van der Waals surface area contributed by atoms with Crippen molar-refractivity contribution in [3.8, 4) is 21.8 Å². The summed E-state index contributed by atoms with van der Waals surface area (Å²) in [6.07, 6.45) is 1.53. The number of nitrogen functional groups attached to an aromatic ring is 1. The van der Waals surface area contributed by atoms with Gasteiger partial charge in [-0.15, -0.1) is 11.3 Å². The molecule has 0 aliphatic carbocycles. The van der Waals surface area contributed by atoms with E-state index in [1.165, 1.54) is 29.7 Å². The SMILES string of the molecule is CC(C)(C)c1nc(-c2ccnc(N)n2)c(-c2cc(NC(=O)Nc3ccc(Cl)cc3)ccc2F)s1. The summed E-state index contributed by atoms with van der Waals surface area (Å²) in [5, 5.41) is 6.83. The molecule has 0 saturated carbocycles. The maximum absolute atomic E-state index is 15.0. The number of nitrogens with two attached hydrogens (primary N) is 1. The van der Waals surface area contributed by atoms with Gasteiger partial charge in [0.25, 0.3) is 0 Å². The number of aromatic nitrogens is 3. The van der Waals surface area contributed by atoms with Gasteiger partial charge in [-0.3, -0.25) is 0 Å². The van der Waals surface area contributed by atoms with Crippen LogP contribution >= 0.6 is 22.9 Å². The summed E-state index contributed by atoms with van der Waals surface area (Å²) in [5.74, 6) is -0.348. The van der Waals surface area contributed by atoms with Gasteiger partial charge in [0, 0.05) is 33.6 Å². The van der Waals surface area contributed by atoms with Gasteiger partial charge in [0.2, 0.25) is 5.95 Å². The average Bonchev–Trinajstić information content (AvgIpc) is 3.23. The number of nitrogens with zero attached hydrogens (tertiary/aromatic N) is 3. The first-order valence-electron chi connectivity index (χ1n) is 10.3. The van der Waals surface area contributed by atoms with Gasteiger partial charge in [-0.1, -0.05) is 32.4 Å². The predicted molar refractivity (Wildman–Crippen MR) is 136 cm³/mol. The normalized spacial score (nSPS) is 11.3. The number of carbonyl (C=O) groups is 1. The number of hydrogen-bond donors (Lipinski definition) is 3. The van der Waals surface area contributed by atoms with Crippen molar-refractivity contribution in [3.05, 3.63) is 70.6 Å². The molecular formula is C24H22ClFN6OS. The standard InChI is InChI=1S/C24H22ClFN6OS/c1-24(2,3)21-32-19(18-10-11-28-22(27)31-18)20(34-21)16-12-15(8-9-17(16)26)30-23(33)29-14-6-4-13(25)5-7-14/h4-12H,1-3H3,(H2,27,28,31)(H2,29,30,33). The molecule has 7 nitrogen and oxygen atoms in total. The summed E-state index contributed by atoms with van der Waals surface area (Å²) >= 11 is 7.25. The summed E-state index contributed by atoms with van der Waals surface area (Å²) in [5.41, 5.74) is 7.80. The molecular weight excluding hydrogens is 475 g/mol. The Morgan fingerprint density at radius 2 is 1.71 bits per heavy atom. The second-order valence-electron chi connectivity index (χ2n) is 8.53. The van der Waals surface area contributed by atoms with Crippen LogP contribution in [0.25, 0.3) is 21.8 Å². The van der Waals surface area contributed by atoms with E-state index in [0.717, 1.165) is 5.01 Å². The van der Waals surface area contributed by atoms with Crippen molar-refractivity contribution in [2.75, 3.05) is 16.4 Å². The number of carbonyl (C=O) groups excluding carboxylic acids is 1. The molecule has 4 N–H and O–H groups in total. The molecule has 174 valence electrons. The summed E-state index contributed by atoms with van der Waals surface area (Å²) in [7, 11) is 0. The van der Waals surface area contributed by atoms with Crippen LogP contribution in [-0.4, -0.2) is 21.0 Å². The summed E-state index contributed by atoms with van der Waals surface area (Å²) in [6, 6.07) is 12.3. The lowest BCUT2D eigenvalue weighted by Crippen LogP contribution is -2.19. The monoisotopic (exact) mass is 496 g/mol. The van der Waals surface area contributed by atoms with Crippen LogP contribution in [0.15, 0.2) is 54.7 Å². The molecule has 0 fully saturated rings. The Morgan fingerprint density at radius 3 is 2.38 bits per heavy atom. The number of halogens is 2. The van der Waals surface area contributed by atoms with Gasteiger partial charge in [0.05, 0.1) is 15.6 Å². The zero-order chi connectivity index (χ0) is 24.5. The second-order valence-corrected chi connectivity index (χ2v) is 9.96. The highest BCUT2D eigenvalue weighted by molar-refractivity contribution is 7.15. The first kappa shape index (κ1) is 23.6. The minimum Gasteiger partial charge on any atom is -0.368 e. The Morgan fingerprint density at radius 1 is 1.03 bits per heavy atom. The highest BCUT2D eigenvalue weighted by Crippen LogP contribution is 2.41. The molecule has 34 heavy (non-hydrogen) atoms. The molecule has 0 aliphatic heterocycles. The maximum atomic E-state index is 15.0. The molecule has 4 rings (SSSR count). The number of hydrogen-bond acceptors (Lipinski definition) is 6. The Balaban J connectivity index is 1.70. The van der Waals surface area contributed by atoms with E-state index < -0.39 is 11.8 Å². The third-order valence-corrected chi connectivity index (χ3v) is 6.52. The Labute approximate surface area is 205 Å². The number of benzene rings is 2. The van der Waals surface area contributed by atoms with E-state index in [1.807, 2.05) is 20.8 Å². The van der Waals surface area contributed by atoms with Crippen LogP contribution in [0.4, 0.5) is 26.5 Å². The fourth-order valence-electron chi connectivity index (χ4n) is 3.11. The number of rotatable bonds is 4. The van der Waals surface area contributed by atoms with Crippen LogP contribution in [0.2, 0.25) is 5.02 Å². The van der Waals surface area contributed by atoms with Gasteiger partial charge in [-0.2, -0.15) is 0 Å². The molecule has 2 heterocycles. The molecule has 2 aromatic heterocycles. The van der Waals surface area contributed by atoms with E-state index in [0.29, 0.717) is 38.2 Å². The highest BCUT2D eigenvalue weighted by Gasteiger charge is 2.25. The van der Waals surface area contributed by atoms with E-state index >= 15 is 4.39 Å². The lowest BCUT2D eigenvalue weighted by Gasteiger charge is -2.13. The van der Waals surface area contributed by atoms with E-state index in [-0.39, 0.29) is 11.4 Å². The molecule has 0 aliphatic rings. The van der Waals surface area contributed by atoms with Crippen molar-refractivity contribution in [2.24, 2.45) is 0 Å². The number of anilines is 3. The van der Waals surface area contributed by atoms with Crippen LogP contribution < -0.4 is 16.4 Å². The summed E-state index contributed by atoms with van der Waals surface area (Å²) in [4.78, 5) is 26.0. The lowest BCUT2D eigenvalue weighted by molar-refractivity contribution is 0.262. The van der Waals surface area contributed by atoms with Crippen LogP contribution in [-0.2, 0) is 5.41 Å². The molecule has 2 amide bonds. The lowest BCUT2D eigenvalue weighted by atomic mass is 9.98. The maximum Gasteiger partial charge on any atom is 0.323 e. The zero-order valence-electron chi connectivity index (χ0n) is 18.7. The Hall–Kier alpha value is -3.56. The fraction of sp³-hybridized carbons (Fsp3) is 0.167. The van der Waals surface area contributed by atoms with Gasteiger partial charge in [0.15, 0.2) is 0 Å². The van der Waals surface area contributed by atoms with Crippen molar-refractivity contribution in [3.63, 3.8) is 0 Å². The van der Waals surface area contributed by atoms with E-state index in [1.54, 1.807) is 36.4 Å². The van der Waals surface area contributed by atoms with Crippen LogP contribution in [0.1, 0.15) is 25.8 Å². The van der Waals surface area contributed by atoms with Gasteiger partial charge in [-0.05, 0) is 48.5 Å². The van der Waals surface area contributed by atoms with Gasteiger partial charge in [0.1, 0.15) is 11.5 Å². The summed E-state index contributed by atoms with van der Waals surface area (Å²) in [6.45, 7) is 6.09. The first-order valence-corrected chi connectivity index (χ1v) is 11.5. The fourth-order valence-corrected chi connectivity index (χ4v) is 4.38. The van der Waals surface area contributed by atoms with Gasteiger partial charge >= 0.3 is 6.03 Å². The van der Waals surface area contributed by atoms with Gasteiger partial charge < -0.3 is 16.4 Å². The van der Waals surface area contributed by atoms with Crippen LogP contribution in [0, 0.1) is 5.82 Å². The highest BCUT2D eigenvalue weighted by atomic mass is 35.5. The smallest absolute Gasteiger partial charge is 0.323 e. The van der Waals surface area contributed by atoms with Crippen molar-refractivity contribution in [1.82, 2.24) is 15.0 Å². The first-order chi connectivity index (χ1) is 16.1. The van der Waals surface area contributed by atoms with Crippen molar-refractivity contribution < 1.29 is 9.18 Å². The minimum atomic E-state index is -0.469. The largest absolute Gasteiger partial charge is 0.368 e. The molecule has 0 atom stereocenters.